The summed E-state index contributed by atoms with van der Waals surface area (Å²) in [7, 11) is 0. The predicted octanol–water partition coefficient (Wildman–Crippen LogP) is 0.535. The van der Waals surface area contributed by atoms with Crippen LogP contribution in [0.15, 0.2) is 25.3 Å². The number of carbonyl (C=O) groups is 1. The van der Waals surface area contributed by atoms with Gasteiger partial charge in [0.15, 0.2) is 35.3 Å². The molecule has 0 amide bonds. The normalized spacial score (nSPS) is 34.0. The average Bonchev–Trinajstić information content (AvgIpc) is 3.72. The van der Waals surface area contributed by atoms with E-state index in [-0.39, 0.29) is 42.4 Å². The highest BCUT2D eigenvalue weighted by Crippen LogP contribution is 2.51. The Morgan fingerprint density at radius 1 is 0.952 bits per heavy atom. The van der Waals surface area contributed by atoms with Gasteiger partial charge in [0.05, 0.1) is 31.8 Å². The molecule has 7 heterocycles. The maximum Gasteiger partial charge on any atom is 0.325 e. The summed E-state index contributed by atoms with van der Waals surface area (Å²) in [6.07, 6.45) is -1.46. The molecule has 4 aromatic heterocycles. The summed E-state index contributed by atoms with van der Waals surface area (Å²) in [5.74, 6) is -0.675. The lowest BCUT2D eigenvalue weighted by atomic mass is 9.99. The molecule has 5 N–H and O–H groups in total. The van der Waals surface area contributed by atoms with Crippen LogP contribution in [0.1, 0.15) is 25.3 Å². The molecule has 8 atom stereocenters. The molecule has 42 heavy (non-hydrogen) atoms. The molecule has 0 aliphatic carbocycles. The van der Waals surface area contributed by atoms with Gasteiger partial charge in [0, 0.05) is 5.92 Å². The van der Waals surface area contributed by atoms with E-state index in [1.54, 1.807) is 4.57 Å². The Morgan fingerprint density at radius 2 is 1.60 bits per heavy atom. The fourth-order valence-corrected chi connectivity index (χ4v) is 6.96. The van der Waals surface area contributed by atoms with Crippen LogP contribution in [0.5, 0.6) is 0 Å². The minimum atomic E-state index is -4.03. The van der Waals surface area contributed by atoms with Crippen molar-refractivity contribution in [1.29, 1.82) is 0 Å². The molecule has 17 nitrogen and oxygen atoms in total. The van der Waals surface area contributed by atoms with Crippen LogP contribution >= 0.6 is 6.72 Å². The average molecular weight is 623 g/mol. The Labute approximate surface area is 240 Å². The molecule has 3 aliphatic rings. The van der Waals surface area contributed by atoms with Gasteiger partial charge >= 0.3 is 12.7 Å². The number of imidazole rings is 2. The number of cyclic esters (lactones) is 1. The fourth-order valence-electron chi connectivity index (χ4n) is 5.50. The third-order valence-corrected chi connectivity index (χ3v) is 8.97. The Balaban J connectivity index is 1.16. The van der Waals surface area contributed by atoms with Crippen molar-refractivity contribution in [2.24, 2.45) is 5.92 Å². The molecule has 0 radical (unpaired) electrons. The van der Waals surface area contributed by atoms with Crippen molar-refractivity contribution in [1.82, 2.24) is 39.0 Å². The summed E-state index contributed by atoms with van der Waals surface area (Å²) in [4.78, 5) is 48.6. The van der Waals surface area contributed by atoms with Crippen LogP contribution in [0.3, 0.4) is 0 Å². The van der Waals surface area contributed by atoms with Gasteiger partial charge in [0.2, 0.25) is 0 Å². The van der Waals surface area contributed by atoms with Crippen molar-refractivity contribution < 1.29 is 37.3 Å². The van der Waals surface area contributed by atoms with Gasteiger partial charge in [-0.25, -0.2) is 34.3 Å². The standard InChI is InChI=1S/C22H24FN10O7PS/c23-13-16-11(39-22(13)33-8-31-15-18(25)27-6-29-20(15)33)4-36-12(34)2-9-1-10(3-37-41(35,42)40-16)38-21(9)32-7-30-14-17(24)26-5-28-19(14)32/h5-11,13,16,21-22H,1-4H2,(H,35,42)(H2,24,26,28)(H2,25,27,29)/t9-,10-,11+,13+,16+,21+,22+,41?/m0/s1. The van der Waals surface area contributed by atoms with Gasteiger partial charge in [-0.2, -0.15) is 0 Å². The molecule has 3 saturated heterocycles. The first-order valence-corrected chi connectivity index (χ1v) is 15.4. The second-order valence-electron chi connectivity index (χ2n) is 10.0. The number of rotatable bonds is 2. The molecule has 1 unspecified atom stereocenters. The number of ether oxygens (including phenoxy) is 3. The second-order valence-corrected chi connectivity index (χ2v) is 12.8. The molecule has 222 valence electrons. The van der Waals surface area contributed by atoms with Crippen molar-refractivity contribution in [2.75, 3.05) is 24.7 Å². The number of fused-ring (bicyclic) bond motifs is 5. The molecule has 4 aromatic rings. The zero-order valence-corrected chi connectivity index (χ0v) is 23.3. The Bertz CT molecular complexity index is 1730. The number of halogens is 1. The molecule has 2 bridgehead atoms. The van der Waals surface area contributed by atoms with Crippen molar-refractivity contribution in [3.8, 4) is 0 Å². The minimum Gasteiger partial charge on any atom is -0.463 e. The molecule has 7 rings (SSSR count). The predicted molar refractivity (Wildman–Crippen MR) is 143 cm³/mol. The van der Waals surface area contributed by atoms with Crippen LogP contribution in [-0.4, -0.2) is 87.6 Å². The molecule has 20 heteroatoms. The Morgan fingerprint density at radius 3 is 2.26 bits per heavy atom. The number of esters is 1. The Hall–Kier alpha value is -3.45. The number of alkyl halides is 1. The maximum atomic E-state index is 15.9. The van der Waals surface area contributed by atoms with Gasteiger partial charge in [0.25, 0.3) is 0 Å². The highest BCUT2D eigenvalue weighted by molar-refractivity contribution is 8.07. The highest BCUT2D eigenvalue weighted by atomic mass is 32.5. The van der Waals surface area contributed by atoms with Crippen molar-refractivity contribution in [3.63, 3.8) is 0 Å². The van der Waals surface area contributed by atoms with E-state index in [1.807, 2.05) is 0 Å². The van der Waals surface area contributed by atoms with Crippen molar-refractivity contribution in [3.05, 3.63) is 25.3 Å². The third kappa shape index (κ3) is 4.76. The van der Waals surface area contributed by atoms with Crippen LogP contribution in [-0.2, 0) is 39.9 Å². The third-order valence-electron chi connectivity index (χ3n) is 7.41. The van der Waals surface area contributed by atoms with E-state index in [2.05, 4.69) is 29.9 Å². The largest absolute Gasteiger partial charge is 0.463 e. The van der Waals surface area contributed by atoms with Crippen LogP contribution in [0.25, 0.3) is 22.3 Å². The van der Waals surface area contributed by atoms with E-state index in [1.165, 1.54) is 29.9 Å². The van der Waals surface area contributed by atoms with Crippen molar-refractivity contribution in [2.45, 2.75) is 49.8 Å². The smallest absolute Gasteiger partial charge is 0.325 e. The summed E-state index contributed by atoms with van der Waals surface area (Å²) in [6, 6.07) is 0. The number of carbonyl (C=O) groups excluding carboxylic acids is 1. The first kappa shape index (κ1) is 27.4. The first-order valence-electron chi connectivity index (χ1n) is 12.8. The minimum absolute atomic E-state index is 0.0578. The molecule has 0 saturated carbocycles. The van der Waals surface area contributed by atoms with Crippen LogP contribution in [0.4, 0.5) is 16.0 Å². The summed E-state index contributed by atoms with van der Waals surface area (Å²) < 4.78 is 47.8. The lowest BCUT2D eigenvalue weighted by molar-refractivity contribution is -0.152. The number of hydrogen-bond donors (Lipinski definition) is 3. The maximum absolute atomic E-state index is 15.9. The molecular formula is C22H24FN10O7PS. The zero-order valence-electron chi connectivity index (χ0n) is 21.5. The molecule has 0 spiro atoms. The molecule has 3 aliphatic heterocycles. The van der Waals surface area contributed by atoms with E-state index in [9.17, 15) is 9.69 Å². The monoisotopic (exact) mass is 622 g/mol. The molecule has 3 fully saturated rings. The van der Waals surface area contributed by atoms with Gasteiger partial charge in [0.1, 0.15) is 48.7 Å². The van der Waals surface area contributed by atoms with Gasteiger partial charge in [-0.05, 0) is 18.2 Å². The quantitative estimate of drug-likeness (QED) is 0.205. The zero-order chi connectivity index (χ0) is 29.2. The van der Waals surface area contributed by atoms with Crippen LogP contribution in [0.2, 0.25) is 0 Å². The topological polar surface area (TPSA) is 223 Å². The summed E-state index contributed by atoms with van der Waals surface area (Å²) >= 11 is 5.23. The number of hydrogen-bond acceptors (Lipinski definition) is 15. The Kier molecular flexibility index (Phi) is 6.76. The number of aromatic nitrogens is 8. The van der Waals surface area contributed by atoms with E-state index in [0.717, 1.165) is 0 Å². The number of anilines is 2. The summed E-state index contributed by atoms with van der Waals surface area (Å²) in [6.45, 7) is -4.60. The SMILES string of the molecule is Nc1ncnc2c1ncn2[C@@H]1O[C@@H]2COP(O)(=S)O[C@H]3[C@@H](F)[C@H](n4cnc5c(N)ncnc54)O[C@@H]3COC(=O)C[C@@H]1C2. The van der Waals surface area contributed by atoms with Gasteiger partial charge in [-0.1, -0.05) is 0 Å². The van der Waals surface area contributed by atoms with Gasteiger partial charge in [-0.15, -0.1) is 0 Å². The van der Waals surface area contributed by atoms with E-state index < -0.39 is 55.5 Å². The fraction of sp³-hybridized carbons (Fsp3) is 0.500. The van der Waals surface area contributed by atoms with Gasteiger partial charge < -0.3 is 35.1 Å². The first-order chi connectivity index (χ1) is 20.2. The van der Waals surface area contributed by atoms with Gasteiger partial charge in [-0.3, -0.25) is 18.5 Å². The second kappa shape index (κ2) is 10.4. The molecular weight excluding hydrogens is 598 g/mol. The van der Waals surface area contributed by atoms with E-state index in [0.29, 0.717) is 17.6 Å². The van der Waals surface area contributed by atoms with E-state index in [4.69, 9.17) is 46.5 Å². The van der Waals surface area contributed by atoms with Crippen molar-refractivity contribution >= 4 is 58.5 Å². The lowest BCUT2D eigenvalue weighted by Gasteiger charge is -2.25. The summed E-state index contributed by atoms with van der Waals surface area (Å²) in [5, 5.41) is 0. The van der Waals surface area contributed by atoms with E-state index >= 15 is 4.39 Å². The number of nitrogen functional groups attached to an aromatic ring is 2. The van der Waals surface area contributed by atoms with Crippen LogP contribution < -0.4 is 11.5 Å². The summed E-state index contributed by atoms with van der Waals surface area (Å²) in [5.41, 5.74) is 13.1. The molecule has 0 aromatic carbocycles. The lowest BCUT2D eigenvalue weighted by Crippen LogP contribution is -2.35. The van der Waals surface area contributed by atoms with Crippen LogP contribution in [0, 0.1) is 5.92 Å². The highest BCUT2D eigenvalue weighted by Gasteiger charge is 2.51. The number of nitrogens with zero attached hydrogens (tertiary/aromatic N) is 8. The number of nitrogens with two attached hydrogens (primary N) is 2.